The smallest absolute Gasteiger partial charge is 0.312 e. The molecule has 1 aromatic heterocycles. The summed E-state index contributed by atoms with van der Waals surface area (Å²) in [5, 5.41) is 22.1. The summed E-state index contributed by atoms with van der Waals surface area (Å²) in [4.78, 5) is 25.0. The van der Waals surface area contributed by atoms with Crippen molar-refractivity contribution in [1.82, 2.24) is 25.5 Å². The molecule has 0 spiro atoms. The van der Waals surface area contributed by atoms with Gasteiger partial charge in [-0.15, -0.1) is 10.2 Å². The van der Waals surface area contributed by atoms with Crippen molar-refractivity contribution in [2.24, 2.45) is 0 Å². The molecule has 0 fully saturated rings. The van der Waals surface area contributed by atoms with Gasteiger partial charge in [0, 0.05) is 13.1 Å². The number of aromatic nitrogens is 4. The Kier molecular flexibility index (Phi) is 2.90. The lowest BCUT2D eigenvalue weighted by molar-refractivity contribution is -0.139. The Bertz CT molecular complexity index is 655. The Morgan fingerprint density at radius 3 is 2.85 bits per heavy atom. The largest absolute Gasteiger partial charge is 0.481 e. The van der Waals surface area contributed by atoms with Crippen molar-refractivity contribution in [1.29, 1.82) is 0 Å². The van der Waals surface area contributed by atoms with Crippen LogP contribution in [0.4, 0.5) is 0 Å². The molecule has 1 atom stereocenters. The zero-order chi connectivity index (χ0) is 14.1. The highest BCUT2D eigenvalue weighted by atomic mass is 16.4. The van der Waals surface area contributed by atoms with Crippen LogP contribution < -0.4 is 0 Å². The van der Waals surface area contributed by atoms with Gasteiger partial charge in [-0.25, -0.2) is 0 Å². The second kappa shape index (κ2) is 4.72. The zero-order valence-electron chi connectivity index (χ0n) is 10.4. The van der Waals surface area contributed by atoms with Crippen LogP contribution in [-0.2, 0) is 11.3 Å². The van der Waals surface area contributed by atoms with E-state index in [9.17, 15) is 14.7 Å². The van der Waals surface area contributed by atoms with Crippen LogP contribution in [0.2, 0.25) is 0 Å². The van der Waals surface area contributed by atoms with Crippen LogP contribution >= 0.6 is 0 Å². The maximum Gasteiger partial charge on any atom is 0.312 e. The van der Waals surface area contributed by atoms with Gasteiger partial charge >= 0.3 is 5.97 Å². The van der Waals surface area contributed by atoms with Crippen molar-refractivity contribution < 1.29 is 14.7 Å². The van der Waals surface area contributed by atoms with Gasteiger partial charge in [0.15, 0.2) is 0 Å². The molecule has 1 amide bonds. The lowest BCUT2D eigenvalue weighted by atomic mass is 9.90. The maximum absolute atomic E-state index is 12.2. The molecule has 8 nitrogen and oxygen atoms in total. The summed E-state index contributed by atoms with van der Waals surface area (Å²) in [5.41, 5.74) is 1.57. The molecule has 102 valence electrons. The van der Waals surface area contributed by atoms with Gasteiger partial charge in [-0.05, 0) is 16.3 Å². The van der Waals surface area contributed by atoms with E-state index in [-0.39, 0.29) is 12.4 Å². The Morgan fingerprint density at radius 2 is 2.15 bits per heavy atom. The molecule has 2 aromatic rings. The van der Waals surface area contributed by atoms with E-state index < -0.39 is 17.8 Å². The summed E-state index contributed by atoms with van der Waals surface area (Å²) in [6.45, 7) is 0.438. The first-order valence-corrected chi connectivity index (χ1v) is 6.00. The lowest BCUT2D eigenvalue weighted by Gasteiger charge is -2.31. The molecule has 0 radical (unpaired) electrons. The molecule has 3 rings (SSSR count). The molecule has 0 saturated carbocycles. The molecule has 20 heavy (non-hydrogen) atoms. The fourth-order valence-electron chi connectivity index (χ4n) is 2.37. The molecule has 1 aliphatic heterocycles. The number of nitrogens with one attached hydrogen (secondary N) is 1. The molecule has 0 aliphatic carbocycles. The molecule has 0 bridgehead atoms. The number of aliphatic carboxylic acids is 1. The van der Waals surface area contributed by atoms with Crippen LogP contribution in [0.1, 0.15) is 27.7 Å². The van der Waals surface area contributed by atoms with Crippen molar-refractivity contribution in [3.63, 3.8) is 0 Å². The summed E-state index contributed by atoms with van der Waals surface area (Å²) in [5.74, 6) is -2.19. The van der Waals surface area contributed by atoms with Gasteiger partial charge in [0.25, 0.3) is 11.7 Å². The number of hydrogen-bond acceptors (Lipinski definition) is 5. The van der Waals surface area contributed by atoms with E-state index in [1.54, 1.807) is 12.1 Å². The molecular formula is C12H11N5O3. The van der Waals surface area contributed by atoms with Crippen molar-refractivity contribution in [2.45, 2.75) is 12.5 Å². The normalized spacial score (nSPS) is 17.6. The third kappa shape index (κ3) is 2.00. The number of rotatable bonds is 2. The molecule has 0 saturated heterocycles. The SMILES string of the molecule is O=C(O)C1CN(C(=O)c2nn[nH]n2)Cc2ccccc21. The summed E-state index contributed by atoms with van der Waals surface area (Å²) in [7, 11) is 0. The third-order valence-corrected chi connectivity index (χ3v) is 3.32. The molecule has 2 heterocycles. The number of tetrazole rings is 1. The van der Waals surface area contributed by atoms with Crippen molar-refractivity contribution in [2.75, 3.05) is 6.54 Å². The predicted molar refractivity (Wildman–Crippen MR) is 65.7 cm³/mol. The van der Waals surface area contributed by atoms with Crippen LogP contribution in [0.15, 0.2) is 24.3 Å². The van der Waals surface area contributed by atoms with E-state index in [0.29, 0.717) is 6.54 Å². The Balaban J connectivity index is 1.94. The Hall–Kier alpha value is -2.77. The average molecular weight is 273 g/mol. The van der Waals surface area contributed by atoms with E-state index in [1.807, 2.05) is 12.1 Å². The van der Waals surface area contributed by atoms with E-state index in [4.69, 9.17) is 0 Å². The van der Waals surface area contributed by atoms with Crippen molar-refractivity contribution in [3.8, 4) is 0 Å². The van der Waals surface area contributed by atoms with Crippen LogP contribution in [0.25, 0.3) is 0 Å². The van der Waals surface area contributed by atoms with Crippen LogP contribution in [0, 0.1) is 0 Å². The van der Waals surface area contributed by atoms with Gasteiger partial charge in [-0.2, -0.15) is 5.21 Å². The van der Waals surface area contributed by atoms with Crippen LogP contribution in [-0.4, -0.2) is 49.1 Å². The third-order valence-electron chi connectivity index (χ3n) is 3.32. The lowest BCUT2D eigenvalue weighted by Crippen LogP contribution is -2.41. The first-order valence-electron chi connectivity index (χ1n) is 6.00. The highest BCUT2D eigenvalue weighted by Crippen LogP contribution is 2.28. The van der Waals surface area contributed by atoms with Crippen LogP contribution in [0.5, 0.6) is 0 Å². The number of benzene rings is 1. The number of carboxylic acids is 1. The maximum atomic E-state index is 12.2. The monoisotopic (exact) mass is 273 g/mol. The minimum absolute atomic E-state index is 0.0616. The molecular weight excluding hydrogens is 262 g/mol. The number of carbonyl (C=O) groups excluding carboxylic acids is 1. The van der Waals surface area contributed by atoms with Gasteiger partial charge in [0.2, 0.25) is 0 Å². The predicted octanol–water partition coefficient (Wildman–Crippen LogP) is 0.0239. The second-order valence-electron chi connectivity index (χ2n) is 4.51. The van der Waals surface area contributed by atoms with Crippen LogP contribution in [0.3, 0.4) is 0 Å². The number of hydrogen-bond donors (Lipinski definition) is 2. The summed E-state index contributed by atoms with van der Waals surface area (Å²) in [6, 6.07) is 7.22. The molecule has 8 heteroatoms. The number of amides is 1. The number of aromatic amines is 1. The number of H-pyrrole nitrogens is 1. The van der Waals surface area contributed by atoms with Gasteiger partial charge in [-0.3, -0.25) is 9.59 Å². The fraction of sp³-hybridized carbons (Fsp3) is 0.250. The average Bonchev–Trinajstić information content (AvgIpc) is 2.99. The summed E-state index contributed by atoms with van der Waals surface area (Å²) < 4.78 is 0. The minimum Gasteiger partial charge on any atom is -0.481 e. The minimum atomic E-state index is -0.955. The van der Waals surface area contributed by atoms with Gasteiger partial charge in [0.05, 0.1) is 5.92 Å². The molecule has 1 aromatic carbocycles. The van der Waals surface area contributed by atoms with Gasteiger partial charge < -0.3 is 10.0 Å². The van der Waals surface area contributed by atoms with E-state index in [1.165, 1.54) is 4.90 Å². The van der Waals surface area contributed by atoms with Crippen molar-refractivity contribution >= 4 is 11.9 Å². The number of fused-ring (bicyclic) bond motifs is 1. The molecule has 1 unspecified atom stereocenters. The molecule has 2 N–H and O–H groups in total. The topological polar surface area (TPSA) is 112 Å². The Morgan fingerprint density at radius 1 is 1.35 bits per heavy atom. The van der Waals surface area contributed by atoms with Gasteiger partial charge in [0.1, 0.15) is 0 Å². The highest BCUT2D eigenvalue weighted by Gasteiger charge is 2.33. The number of nitrogens with zero attached hydrogens (tertiary/aromatic N) is 4. The van der Waals surface area contributed by atoms with E-state index in [0.717, 1.165) is 11.1 Å². The Labute approximate surface area is 113 Å². The van der Waals surface area contributed by atoms with Crippen molar-refractivity contribution in [3.05, 3.63) is 41.2 Å². The van der Waals surface area contributed by atoms with E-state index >= 15 is 0 Å². The quantitative estimate of drug-likeness (QED) is 0.798. The first-order chi connectivity index (χ1) is 9.66. The highest BCUT2D eigenvalue weighted by molar-refractivity contribution is 5.91. The standard InChI is InChI=1S/C12H11N5O3/c18-11(10-13-15-16-14-10)17-5-7-3-1-2-4-8(7)9(6-17)12(19)20/h1-4,9H,5-6H2,(H,19,20)(H,13,14,15,16). The molecule has 1 aliphatic rings. The van der Waals surface area contributed by atoms with E-state index in [2.05, 4.69) is 20.6 Å². The number of carboxylic acid groups (broad SMARTS) is 1. The zero-order valence-corrected chi connectivity index (χ0v) is 10.4. The number of carbonyl (C=O) groups is 2. The summed E-state index contributed by atoms with van der Waals surface area (Å²) in [6.07, 6.45) is 0. The second-order valence-corrected chi connectivity index (χ2v) is 4.51. The fourth-order valence-corrected chi connectivity index (χ4v) is 2.37. The summed E-state index contributed by atoms with van der Waals surface area (Å²) >= 11 is 0. The van der Waals surface area contributed by atoms with Gasteiger partial charge in [-0.1, -0.05) is 24.3 Å². The first kappa shape index (κ1) is 12.3.